The largest absolute Gasteiger partial charge is 0.337 e. The summed E-state index contributed by atoms with van der Waals surface area (Å²) in [6, 6.07) is 6.98. The Labute approximate surface area is 133 Å². The van der Waals surface area contributed by atoms with Gasteiger partial charge in [0.25, 0.3) is 0 Å². The molecule has 114 valence electrons. The predicted molar refractivity (Wildman–Crippen MR) is 82.6 cm³/mol. The highest BCUT2D eigenvalue weighted by Crippen LogP contribution is 2.26. The fraction of sp³-hybridized carbons (Fsp3) is 0.500. The van der Waals surface area contributed by atoms with Crippen molar-refractivity contribution in [2.24, 2.45) is 0 Å². The fourth-order valence-electron chi connectivity index (χ4n) is 2.95. The molecule has 1 atom stereocenters. The van der Waals surface area contributed by atoms with E-state index in [1.54, 1.807) is 12.1 Å². The van der Waals surface area contributed by atoms with E-state index in [9.17, 15) is 13.2 Å². The monoisotopic (exact) mass is 372 g/mol. The van der Waals surface area contributed by atoms with Gasteiger partial charge < -0.3 is 4.90 Å². The molecule has 5 nitrogen and oxygen atoms in total. The zero-order chi connectivity index (χ0) is 15.0. The predicted octanol–water partition coefficient (Wildman–Crippen LogP) is 1.58. The second-order valence-corrected chi connectivity index (χ2v) is 7.92. The Kier molecular flexibility index (Phi) is 4.07. The number of halogens is 1. The van der Waals surface area contributed by atoms with E-state index in [1.165, 1.54) is 4.31 Å². The number of fused-ring (bicyclic) bond motifs is 1. The van der Waals surface area contributed by atoms with Crippen molar-refractivity contribution in [3.63, 3.8) is 0 Å². The van der Waals surface area contributed by atoms with Gasteiger partial charge in [0, 0.05) is 37.4 Å². The maximum Gasteiger partial charge on any atom is 0.243 e. The Hall–Kier alpha value is -0.920. The molecule has 0 N–H and O–H groups in total. The van der Waals surface area contributed by atoms with E-state index in [-0.39, 0.29) is 11.9 Å². The summed E-state index contributed by atoms with van der Waals surface area (Å²) in [6.45, 7) is 1.29. The van der Waals surface area contributed by atoms with Crippen molar-refractivity contribution in [3.8, 4) is 0 Å². The Morgan fingerprint density at radius 3 is 2.57 bits per heavy atom. The molecule has 0 saturated carbocycles. The highest BCUT2D eigenvalue weighted by atomic mass is 79.9. The summed E-state index contributed by atoms with van der Waals surface area (Å²) in [7, 11) is -3.46. The van der Waals surface area contributed by atoms with Crippen LogP contribution < -0.4 is 0 Å². The molecule has 2 fully saturated rings. The number of piperazine rings is 1. The topological polar surface area (TPSA) is 57.7 Å². The number of alkyl halides is 1. The third-order valence-corrected chi connectivity index (χ3v) is 6.70. The van der Waals surface area contributed by atoms with Crippen LogP contribution in [0.3, 0.4) is 0 Å². The molecule has 2 heterocycles. The second-order valence-electron chi connectivity index (χ2n) is 5.42. The quantitative estimate of drug-likeness (QED) is 0.756. The summed E-state index contributed by atoms with van der Waals surface area (Å²) in [6.07, 6.45) is 1.30. The first-order valence-corrected chi connectivity index (χ1v) is 9.53. The SMILES string of the molecule is O=C1CCC2CN(S(=O)(=O)c3ccc(CBr)cc3)CCN12. The van der Waals surface area contributed by atoms with E-state index in [0.29, 0.717) is 36.3 Å². The number of hydrogen-bond donors (Lipinski definition) is 0. The van der Waals surface area contributed by atoms with Gasteiger partial charge in [0.1, 0.15) is 0 Å². The number of nitrogens with zero attached hydrogens (tertiary/aromatic N) is 2. The molecule has 3 rings (SSSR count). The lowest BCUT2D eigenvalue weighted by Crippen LogP contribution is -2.53. The fourth-order valence-corrected chi connectivity index (χ4v) is 4.80. The van der Waals surface area contributed by atoms with Gasteiger partial charge in [-0.1, -0.05) is 28.1 Å². The van der Waals surface area contributed by atoms with Crippen molar-refractivity contribution in [1.29, 1.82) is 0 Å². The minimum atomic E-state index is -3.46. The summed E-state index contributed by atoms with van der Waals surface area (Å²) in [5.74, 6) is 0.152. The van der Waals surface area contributed by atoms with E-state index in [4.69, 9.17) is 0 Å². The number of carbonyl (C=O) groups is 1. The van der Waals surface area contributed by atoms with E-state index in [2.05, 4.69) is 15.9 Å². The normalized spacial score (nSPS) is 23.4. The number of rotatable bonds is 3. The molecule has 1 amide bonds. The van der Waals surface area contributed by atoms with Crippen LogP contribution in [0.15, 0.2) is 29.2 Å². The summed E-state index contributed by atoms with van der Waals surface area (Å²) in [4.78, 5) is 13.8. The molecule has 2 aliphatic rings. The second kappa shape index (κ2) is 5.70. The van der Waals surface area contributed by atoms with E-state index in [1.807, 2.05) is 17.0 Å². The molecule has 2 aliphatic heterocycles. The van der Waals surface area contributed by atoms with Crippen LogP contribution in [0.4, 0.5) is 0 Å². The van der Waals surface area contributed by atoms with Gasteiger partial charge in [0.2, 0.25) is 15.9 Å². The lowest BCUT2D eigenvalue weighted by atomic mass is 10.2. The smallest absolute Gasteiger partial charge is 0.243 e. The van der Waals surface area contributed by atoms with Gasteiger partial charge in [0.15, 0.2) is 0 Å². The van der Waals surface area contributed by atoms with Crippen LogP contribution in [0, 0.1) is 0 Å². The summed E-state index contributed by atoms with van der Waals surface area (Å²) >= 11 is 3.35. The van der Waals surface area contributed by atoms with Gasteiger partial charge >= 0.3 is 0 Å². The molecule has 0 radical (unpaired) electrons. The third-order valence-electron chi connectivity index (χ3n) is 4.17. The summed E-state index contributed by atoms with van der Waals surface area (Å²) in [5, 5.41) is 0.705. The molecule has 0 aliphatic carbocycles. The minimum absolute atomic E-state index is 0.0443. The Morgan fingerprint density at radius 1 is 1.19 bits per heavy atom. The van der Waals surface area contributed by atoms with E-state index in [0.717, 1.165) is 12.0 Å². The first-order chi connectivity index (χ1) is 10.0. The first-order valence-electron chi connectivity index (χ1n) is 6.97. The molecule has 7 heteroatoms. The average Bonchev–Trinajstić information content (AvgIpc) is 2.88. The maximum absolute atomic E-state index is 12.7. The number of benzene rings is 1. The zero-order valence-electron chi connectivity index (χ0n) is 11.5. The van der Waals surface area contributed by atoms with Crippen molar-refractivity contribution in [1.82, 2.24) is 9.21 Å². The maximum atomic E-state index is 12.7. The van der Waals surface area contributed by atoms with Crippen molar-refractivity contribution in [2.45, 2.75) is 29.1 Å². The molecular formula is C14H17BrN2O3S. The lowest BCUT2D eigenvalue weighted by Gasteiger charge is -2.36. The van der Waals surface area contributed by atoms with Gasteiger partial charge in [-0.3, -0.25) is 4.79 Å². The van der Waals surface area contributed by atoms with Gasteiger partial charge in [-0.15, -0.1) is 0 Å². The number of hydrogen-bond acceptors (Lipinski definition) is 3. The van der Waals surface area contributed by atoms with Gasteiger partial charge in [-0.05, 0) is 24.1 Å². The van der Waals surface area contributed by atoms with E-state index < -0.39 is 10.0 Å². The van der Waals surface area contributed by atoms with Gasteiger partial charge in [0.05, 0.1) is 4.90 Å². The minimum Gasteiger partial charge on any atom is -0.337 e. The third kappa shape index (κ3) is 2.74. The molecule has 0 aromatic heterocycles. The summed E-state index contributed by atoms with van der Waals surface area (Å²) in [5.41, 5.74) is 1.04. The molecule has 1 aromatic carbocycles. The van der Waals surface area contributed by atoms with Gasteiger partial charge in [-0.25, -0.2) is 8.42 Å². The Balaban J connectivity index is 1.80. The highest BCUT2D eigenvalue weighted by molar-refractivity contribution is 9.08. The lowest BCUT2D eigenvalue weighted by molar-refractivity contribution is -0.130. The van der Waals surface area contributed by atoms with Crippen LogP contribution in [-0.4, -0.2) is 49.2 Å². The van der Waals surface area contributed by atoms with Crippen molar-refractivity contribution < 1.29 is 13.2 Å². The average molecular weight is 373 g/mol. The molecule has 2 saturated heterocycles. The molecule has 1 unspecified atom stereocenters. The van der Waals surface area contributed by atoms with Crippen LogP contribution in [0.5, 0.6) is 0 Å². The van der Waals surface area contributed by atoms with Crippen LogP contribution in [0.1, 0.15) is 18.4 Å². The van der Waals surface area contributed by atoms with Crippen molar-refractivity contribution in [3.05, 3.63) is 29.8 Å². The molecular weight excluding hydrogens is 356 g/mol. The molecule has 0 bridgehead atoms. The van der Waals surface area contributed by atoms with Crippen LogP contribution in [0.2, 0.25) is 0 Å². The van der Waals surface area contributed by atoms with Crippen LogP contribution in [0.25, 0.3) is 0 Å². The van der Waals surface area contributed by atoms with Crippen LogP contribution in [-0.2, 0) is 20.1 Å². The zero-order valence-corrected chi connectivity index (χ0v) is 13.9. The molecule has 0 spiro atoms. The number of sulfonamides is 1. The molecule has 21 heavy (non-hydrogen) atoms. The Bertz CT molecular complexity index is 645. The number of amides is 1. The standard InChI is InChI=1S/C14H17BrN2O3S/c15-9-11-1-4-13(5-2-11)21(19,20)16-7-8-17-12(10-16)3-6-14(17)18/h1-2,4-5,12H,3,6-10H2. The number of carbonyl (C=O) groups excluding carboxylic acids is 1. The van der Waals surface area contributed by atoms with Crippen molar-refractivity contribution >= 4 is 31.9 Å². The van der Waals surface area contributed by atoms with Gasteiger partial charge in [-0.2, -0.15) is 4.31 Å². The molecule has 1 aromatic rings. The van der Waals surface area contributed by atoms with Crippen molar-refractivity contribution in [2.75, 3.05) is 19.6 Å². The Morgan fingerprint density at radius 2 is 1.90 bits per heavy atom. The summed E-state index contributed by atoms with van der Waals surface area (Å²) < 4.78 is 26.8. The van der Waals surface area contributed by atoms with Crippen LogP contribution >= 0.6 is 15.9 Å². The highest BCUT2D eigenvalue weighted by Gasteiger charge is 2.39. The first kappa shape index (κ1) is 15.0. The van der Waals surface area contributed by atoms with E-state index >= 15 is 0 Å².